The number of aryl methyl sites for hydroxylation is 1. The monoisotopic (exact) mass is 234 g/mol. The molecule has 0 spiro atoms. The van der Waals surface area contributed by atoms with Gasteiger partial charge in [-0.25, -0.2) is 0 Å². The molecule has 0 saturated carbocycles. The lowest BCUT2D eigenvalue weighted by atomic mass is 9.98. The fourth-order valence-electron chi connectivity index (χ4n) is 2.34. The third-order valence-corrected chi connectivity index (χ3v) is 3.32. The van der Waals surface area contributed by atoms with Crippen LogP contribution in [-0.4, -0.2) is 17.5 Å². The van der Waals surface area contributed by atoms with Gasteiger partial charge in [0.2, 0.25) is 0 Å². The van der Waals surface area contributed by atoms with E-state index in [1.54, 1.807) is 18.2 Å². The molecule has 17 heavy (non-hydrogen) atoms. The normalized spacial score (nSPS) is 20.1. The van der Waals surface area contributed by atoms with Crippen molar-refractivity contribution in [1.29, 1.82) is 0 Å². The van der Waals surface area contributed by atoms with Crippen LogP contribution in [0.5, 0.6) is 0 Å². The number of rotatable bonds is 4. The molecule has 1 fully saturated rings. The average molecular weight is 234 g/mol. The molecule has 1 atom stereocenters. The van der Waals surface area contributed by atoms with Crippen LogP contribution in [0, 0.1) is 10.1 Å². The van der Waals surface area contributed by atoms with Gasteiger partial charge in [0.05, 0.1) is 4.92 Å². The molecule has 1 N–H and O–H groups in total. The molecule has 0 bridgehead atoms. The highest BCUT2D eigenvalue weighted by molar-refractivity contribution is 5.34. The fraction of sp³-hybridized carbons (Fsp3) is 0.538. The van der Waals surface area contributed by atoms with Gasteiger partial charge in [-0.1, -0.05) is 18.6 Å². The first kappa shape index (κ1) is 12.0. The Bertz CT molecular complexity index is 387. The number of non-ortho nitro benzene ring substituents is 1. The van der Waals surface area contributed by atoms with Crippen molar-refractivity contribution < 1.29 is 4.92 Å². The van der Waals surface area contributed by atoms with Crippen molar-refractivity contribution in [1.82, 2.24) is 5.32 Å². The highest BCUT2D eigenvalue weighted by Crippen LogP contribution is 2.17. The third kappa shape index (κ3) is 3.53. The molecule has 92 valence electrons. The number of hydrogen-bond donors (Lipinski definition) is 1. The summed E-state index contributed by atoms with van der Waals surface area (Å²) in [5, 5.41) is 14.1. The molecule has 1 aliphatic rings. The van der Waals surface area contributed by atoms with Gasteiger partial charge in [0, 0.05) is 18.2 Å². The summed E-state index contributed by atoms with van der Waals surface area (Å²) in [6.45, 7) is 1.11. The summed E-state index contributed by atoms with van der Waals surface area (Å²) < 4.78 is 0. The quantitative estimate of drug-likeness (QED) is 0.643. The predicted molar refractivity (Wildman–Crippen MR) is 67.1 cm³/mol. The van der Waals surface area contributed by atoms with Crippen LogP contribution in [0.25, 0.3) is 0 Å². The van der Waals surface area contributed by atoms with Crippen LogP contribution in [0.15, 0.2) is 24.3 Å². The summed E-state index contributed by atoms with van der Waals surface area (Å²) in [6.07, 6.45) is 5.79. The van der Waals surface area contributed by atoms with Crippen LogP contribution < -0.4 is 5.32 Å². The van der Waals surface area contributed by atoms with Gasteiger partial charge in [-0.05, 0) is 37.8 Å². The molecule has 1 aliphatic heterocycles. The van der Waals surface area contributed by atoms with Crippen molar-refractivity contribution in [2.24, 2.45) is 0 Å². The minimum atomic E-state index is -0.331. The summed E-state index contributed by atoms with van der Waals surface area (Å²) in [5.74, 6) is 0. The van der Waals surface area contributed by atoms with Gasteiger partial charge in [-0.3, -0.25) is 10.1 Å². The van der Waals surface area contributed by atoms with Gasteiger partial charge in [-0.15, -0.1) is 0 Å². The van der Waals surface area contributed by atoms with E-state index in [4.69, 9.17) is 0 Å². The van der Waals surface area contributed by atoms with E-state index in [2.05, 4.69) is 5.32 Å². The van der Waals surface area contributed by atoms with E-state index in [0.29, 0.717) is 6.04 Å². The molecule has 2 rings (SSSR count). The molecule has 0 radical (unpaired) electrons. The lowest BCUT2D eigenvalue weighted by Crippen LogP contribution is -2.34. The molecule has 1 heterocycles. The Labute approximate surface area is 101 Å². The Morgan fingerprint density at radius 2 is 2.29 bits per heavy atom. The van der Waals surface area contributed by atoms with Crippen LogP contribution in [0.2, 0.25) is 0 Å². The number of hydrogen-bond acceptors (Lipinski definition) is 3. The maximum Gasteiger partial charge on any atom is 0.269 e. The van der Waals surface area contributed by atoms with Crippen molar-refractivity contribution in [3.8, 4) is 0 Å². The highest BCUT2D eigenvalue weighted by Gasteiger charge is 2.13. The van der Waals surface area contributed by atoms with Gasteiger partial charge in [0.1, 0.15) is 0 Å². The van der Waals surface area contributed by atoms with E-state index in [0.717, 1.165) is 24.9 Å². The summed E-state index contributed by atoms with van der Waals surface area (Å²) >= 11 is 0. The largest absolute Gasteiger partial charge is 0.314 e. The second-order valence-electron chi connectivity index (χ2n) is 4.61. The van der Waals surface area contributed by atoms with Gasteiger partial charge < -0.3 is 5.32 Å². The van der Waals surface area contributed by atoms with Crippen LogP contribution in [-0.2, 0) is 6.42 Å². The Morgan fingerprint density at radius 1 is 1.41 bits per heavy atom. The molecular formula is C13H18N2O2. The van der Waals surface area contributed by atoms with E-state index in [1.165, 1.54) is 19.3 Å². The topological polar surface area (TPSA) is 55.2 Å². The number of piperidine rings is 1. The van der Waals surface area contributed by atoms with E-state index in [1.807, 2.05) is 6.07 Å². The number of nitro groups is 1. The first-order valence-corrected chi connectivity index (χ1v) is 6.22. The van der Waals surface area contributed by atoms with Crippen molar-refractivity contribution >= 4 is 5.69 Å². The zero-order chi connectivity index (χ0) is 12.1. The van der Waals surface area contributed by atoms with Gasteiger partial charge in [0.25, 0.3) is 5.69 Å². The zero-order valence-corrected chi connectivity index (χ0v) is 9.89. The maximum absolute atomic E-state index is 10.7. The zero-order valence-electron chi connectivity index (χ0n) is 9.89. The van der Waals surface area contributed by atoms with Crippen molar-refractivity contribution in [3.63, 3.8) is 0 Å². The van der Waals surface area contributed by atoms with Gasteiger partial charge >= 0.3 is 0 Å². The number of nitrogens with zero attached hydrogens (tertiary/aromatic N) is 1. The Balaban J connectivity index is 1.89. The Morgan fingerprint density at radius 3 is 3.00 bits per heavy atom. The molecule has 0 amide bonds. The molecule has 4 heteroatoms. The van der Waals surface area contributed by atoms with E-state index in [-0.39, 0.29) is 10.6 Å². The first-order valence-electron chi connectivity index (χ1n) is 6.22. The molecule has 1 aromatic rings. The van der Waals surface area contributed by atoms with Crippen LogP contribution >= 0.6 is 0 Å². The second-order valence-corrected chi connectivity index (χ2v) is 4.61. The van der Waals surface area contributed by atoms with E-state index in [9.17, 15) is 10.1 Å². The van der Waals surface area contributed by atoms with Gasteiger partial charge in [0.15, 0.2) is 0 Å². The summed E-state index contributed by atoms with van der Waals surface area (Å²) in [6, 6.07) is 7.55. The molecule has 1 saturated heterocycles. The number of nitro benzene ring substituents is 1. The average Bonchev–Trinajstić information content (AvgIpc) is 2.38. The van der Waals surface area contributed by atoms with Crippen molar-refractivity contribution in [2.75, 3.05) is 6.54 Å². The lowest BCUT2D eigenvalue weighted by molar-refractivity contribution is -0.384. The lowest BCUT2D eigenvalue weighted by Gasteiger charge is -2.23. The molecule has 0 aromatic heterocycles. The summed E-state index contributed by atoms with van der Waals surface area (Å²) in [5.41, 5.74) is 1.26. The summed E-state index contributed by atoms with van der Waals surface area (Å²) in [7, 11) is 0. The predicted octanol–water partition coefficient (Wildman–Crippen LogP) is 2.67. The van der Waals surface area contributed by atoms with Crippen molar-refractivity contribution in [2.45, 2.75) is 38.1 Å². The summed E-state index contributed by atoms with van der Waals surface area (Å²) in [4.78, 5) is 10.3. The van der Waals surface area contributed by atoms with Gasteiger partial charge in [-0.2, -0.15) is 0 Å². The maximum atomic E-state index is 10.7. The number of nitrogens with one attached hydrogen (secondary N) is 1. The van der Waals surface area contributed by atoms with E-state index >= 15 is 0 Å². The van der Waals surface area contributed by atoms with Crippen LogP contribution in [0.3, 0.4) is 0 Å². The molecule has 1 unspecified atom stereocenters. The smallest absolute Gasteiger partial charge is 0.269 e. The van der Waals surface area contributed by atoms with Crippen LogP contribution in [0.1, 0.15) is 31.2 Å². The highest BCUT2D eigenvalue weighted by atomic mass is 16.6. The van der Waals surface area contributed by atoms with Crippen molar-refractivity contribution in [3.05, 3.63) is 39.9 Å². The minimum absolute atomic E-state index is 0.194. The number of benzene rings is 1. The molecule has 4 nitrogen and oxygen atoms in total. The molecule has 1 aromatic carbocycles. The molecule has 0 aliphatic carbocycles. The third-order valence-electron chi connectivity index (χ3n) is 3.32. The SMILES string of the molecule is O=[N+]([O-])c1cccc(CCC2CCCCN2)c1. The fourth-order valence-corrected chi connectivity index (χ4v) is 2.34. The van der Waals surface area contributed by atoms with E-state index < -0.39 is 0 Å². The second kappa shape index (κ2) is 5.77. The molecular weight excluding hydrogens is 216 g/mol. The minimum Gasteiger partial charge on any atom is -0.314 e. The first-order chi connectivity index (χ1) is 8.25. The standard InChI is InChI=1S/C13H18N2O2/c16-15(17)13-6-3-4-11(10-13)7-8-12-5-1-2-9-14-12/h3-4,6,10,12,14H,1-2,5,7-9H2. The Hall–Kier alpha value is -1.42. The van der Waals surface area contributed by atoms with Crippen LogP contribution in [0.4, 0.5) is 5.69 Å². The Kier molecular flexibility index (Phi) is 4.09.